The molecule has 3 rings (SSSR count). The van der Waals surface area contributed by atoms with Gasteiger partial charge in [0.05, 0.1) is 35.5 Å². The Morgan fingerprint density at radius 2 is 1.79 bits per heavy atom. The van der Waals surface area contributed by atoms with Gasteiger partial charge in [-0.05, 0) is 24.3 Å². The summed E-state index contributed by atoms with van der Waals surface area (Å²) in [5.74, 6) is -1.36. The van der Waals surface area contributed by atoms with E-state index in [1.54, 1.807) is 6.92 Å². The molecule has 1 amide bonds. The highest BCUT2D eigenvalue weighted by Gasteiger charge is 2.41. The van der Waals surface area contributed by atoms with E-state index in [4.69, 9.17) is 4.74 Å². The van der Waals surface area contributed by atoms with Gasteiger partial charge in [-0.15, -0.1) is 12.4 Å². The minimum Gasteiger partial charge on any atom is -0.379 e. The van der Waals surface area contributed by atoms with Gasteiger partial charge in [0, 0.05) is 26.2 Å². The van der Waals surface area contributed by atoms with Crippen LogP contribution >= 0.6 is 12.4 Å². The lowest BCUT2D eigenvalue weighted by Crippen LogP contribution is -2.41. The Morgan fingerprint density at radius 3 is 2.32 bits per heavy atom. The molecule has 28 heavy (non-hydrogen) atoms. The van der Waals surface area contributed by atoms with E-state index in [9.17, 15) is 21.6 Å². The van der Waals surface area contributed by atoms with Crippen LogP contribution < -0.4 is 9.03 Å². The number of ether oxygens (including phenoxy) is 1. The number of hydrogen-bond acceptors (Lipinski definition) is 7. The number of amides is 1. The Morgan fingerprint density at radius 1 is 1.18 bits per heavy atom. The summed E-state index contributed by atoms with van der Waals surface area (Å²) in [5.41, 5.74) is 0.150. The summed E-state index contributed by atoms with van der Waals surface area (Å²) in [6.45, 7) is 5.23. The number of anilines is 1. The van der Waals surface area contributed by atoms with E-state index in [1.807, 2.05) is 0 Å². The Kier molecular flexibility index (Phi) is 7.45. The smallest absolute Gasteiger partial charge is 0.244 e. The van der Waals surface area contributed by atoms with Crippen LogP contribution in [0.3, 0.4) is 0 Å². The third kappa shape index (κ3) is 5.02. The lowest BCUT2D eigenvalue weighted by atomic mass is 10.2. The average Bonchev–Trinajstić information content (AvgIpc) is 2.83. The molecule has 158 valence electrons. The first-order valence-corrected chi connectivity index (χ1v) is 11.8. The van der Waals surface area contributed by atoms with E-state index in [-0.39, 0.29) is 35.3 Å². The molecule has 0 bridgehead atoms. The number of nitrogens with zero attached hydrogens (tertiary/aromatic N) is 2. The van der Waals surface area contributed by atoms with Crippen LogP contribution in [0.5, 0.6) is 0 Å². The summed E-state index contributed by atoms with van der Waals surface area (Å²) in [7, 11) is -7.43. The lowest BCUT2D eigenvalue weighted by Gasteiger charge is -2.26. The number of morpholine rings is 1. The molecule has 1 aromatic carbocycles. The largest absolute Gasteiger partial charge is 0.379 e. The highest BCUT2D eigenvalue weighted by Crippen LogP contribution is 2.28. The van der Waals surface area contributed by atoms with Crippen LogP contribution in [0.4, 0.5) is 5.69 Å². The van der Waals surface area contributed by atoms with Gasteiger partial charge in [0.25, 0.3) is 0 Å². The van der Waals surface area contributed by atoms with E-state index in [0.717, 1.165) is 17.4 Å². The van der Waals surface area contributed by atoms with E-state index in [2.05, 4.69) is 9.62 Å². The zero-order chi connectivity index (χ0) is 19.7. The number of carbonyl (C=O) groups excluding carboxylic acids is 1. The molecule has 0 radical (unpaired) electrons. The van der Waals surface area contributed by atoms with Gasteiger partial charge < -0.3 is 4.74 Å². The average molecular weight is 454 g/mol. The number of benzene rings is 1. The van der Waals surface area contributed by atoms with Crippen LogP contribution in [0.1, 0.15) is 6.92 Å². The van der Waals surface area contributed by atoms with Crippen molar-refractivity contribution in [2.75, 3.05) is 49.5 Å². The highest BCUT2D eigenvalue weighted by atomic mass is 35.5. The monoisotopic (exact) mass is 453 g/mol. The summed E-state index contributed by atoms with van der Waals surface area (Å²) in [4.78, 5) is 14.2. The third-order valence-electron chi connectivity index (χ3n) is 4.57. The molecule has 2 heterocycles. The minimum absolute atomic E-state index is 0. The van der Waals surface area contributed by atoms with Crippen molar-refractivity contribution < 1.29 is 26.4 Å². The maximum atomic E-state index is 12.4. The first-order valence-electron chi connectivity index (χ1n) is 8.67. The molecule has 9 nitrogen and oxygen atoms in total. The van der Waals surface area contributed by atoms with E-state index in [0.29, 0.717) is 19.8 Å². The molecule has 1 N–H and O–H groups in total. The Balaban J connectivity index is 0.00000280. The van der Waals surface area contributed by atoms with E-state index >= 15 is 0 Å². The quantitative estimate of drug-likeness (QED) is 0.646. The fourth-order valence-corrected chi connectivity index (χ4v) is 5.94. The molecule has 2 saturated heterocycles. The van der Waals surface area contributed by atoms with Crippen molar-refractivity contribution in [3.05, 3.63) is 24.3 Å². The Labute approximate surface area is 171 Å². The molecule has 0 aromatic heterocycles. The summed E-state index contributed by atoms with van der Waals surface area (Å²) < 4.78 is 57.6. The molecule has 2 fully saturated rings. The van der Waals surface area contributed by atoms with Gasteiger partial charge in [-0.3, -0.25) is 9.69 Å². The first kappa shape index (κ1) is 23.0. The van der Waals surface area contributed by atoms with Gasteiger partial charge in [-0.2, -0.15) is 0 Å². The minimum atomic E-state index is -3.72. The second-order valence-electron chi connectivity index (χ2n) is 6.63. The molecular weight excluding hydrogens is 430 g/mol. The van der Waals surface area contributed by atoms with Crippen molar-refractivity contribution in [2.24, 2.45) is 5.92 Å². The predicted molar refractivity (Wildman–Crippen MR) is 107 cm³/mol. The molecule has 1 unspecified atom stereocenters. The fourth-order valence-electron chi connectivity index (χ4n) is 3.09. The van der Waals surface area contributed by atoms with Crippen molar-refractivity contribution in [1.29, 1.82) is 0 Å². The Bertz CT molecular complexity index is 899. The van der Waals surface area contributed by atoms with Crippen molar-refractivity contribution in [2.45, 2.75) is 11.8 Å². The number of carbonyl (C=O) groups is 1. The van der Waals surface area contributed by atoms with Crippen molar-refractivity contribution in [3.8, 4) is 0 Å². The Hall–Kier alpha value is -1.24. The highest BCUT2D eigenvalue weighted by molar-refractivity contribution is 7.94. The summed E-state index contributed by atoms with van der Waals surface area (Å²) in [6.07, 6.45) is 0. The van der Waals surface area contributed by atoms with Gasteiger partial charge >= 0.3 is 0 Å². The topological polar surface area (TPSA) is 113 Å². The van der Waals surface area contributed by atoms with Crippen LogP contribution in [0.15, 0.2) is 29.2 Å². The van der Waals surface area contributed by atoms with Crippen molar-refractivity contribution in [3.63, 3.8) is 0 Å². The number of rotatable bonds is 6. The number of nitrogens with one attached hydrogen (secondary N) is 1. The van der Waals surface area contributed by atoms with Gasteiger partial charge in [0.2, 0.25) is 26.0 Å². The molecule has 2 aliphatic rings. The molecule has 0 saturated carbocycles. The van der Waals surface area contributed by atoms with Crippen LogP contribution in [0.2, 0.25) is 0 Å². The van der Waals surface area contributed by atoms with Crippen molar-refractivity contribution in [1.82, 2.24) is 9.62 Å². The number of sulfonamides is 2. The van der Waals surface area contributed by atoms with Crippen LogP contribution in [-0.4, -0.2) is 72.8 Å². The van der Waals surface area contributed by atoms with Gasteiger partial charge in [0.15, 0.2) is 0 Å². The van der Waals surface area contributed by atoms with Crippen LogP contribution in [0, 0.1) is 5.92 Å². The van der Waals surface area contributed by atoms with Gasteiger partial charge in [-0.25, -0.2) is 25.9 Å². The second kappa shape index (κ2) is 9.06. The predicted octanol–water partition coefficient (Wildman–Crippen LogP) is 0.0314. The maximum Gasteiger partial charge on any atom is 0.244 e. The van der Waals surface area contributed by atoms with Crippen LogP contribution in [0.25, 0.3) is 0 Å². The molecule has 12 heteroatoms. The maximum absolute atomic E-state index is 12.4. The lowest BCUT2D eigenvalue weighted by molar-refractivity contribution is -0.119. The molecule has 2 aliphatic heterocycles. The third-order valence-corrected chi connectivity index (χ3v) is 7.91. The SMILES string of the molecule is CC1CS(=O)(=O)N(c2ccc(S(=O)(=O)NCCN3CCOCC3)cc2)C1=O.Cl. The van der Waals surface area contributed by atoms with Crippen LogP contribution in [-0.2, 0) is 29.6 Å². The molecular formula is C16H24ClN3O6S2. The number of hydrogen-bond donors (Lipinski definition) is 1. The van der Waals surface area contributed by atoms with Gasteiger partial charge in [0.1, 0.15) is 0 Å². The van der Waals surface area contributed by atoms with Crippen molar-refractivity contribution >= 4 is 44.0 Å². The summed E-state index contributed by atoms with van der Waals surface area (Å²) >= 11 is 0. The first-order chi connectivity index (χ1) is 12.7. The molecule has 0 aliphatic carbocycles. The zero-order valence-electron chi connectivity index (χ0n) is 15.4. The van der Waals surface area contributed by atoms with E-state index < -0.39 is 31.9 Å². The summed E-state index contributed by atoms with van der Waals surface area (Å²) in [5, 5.41) is 0. The van der Waals surface area contributed by atoms with E-state index in [1.165, 1.54) is 24.3 Å². The molecule has 1 atom stereocenters. The number of halogens is 1. The van der Waals surface area contributed by atoms with Gasteiger partial charge in [-0.1, -0.05) is 6.92 Å². The second-order valence-corrected chi connectivity index (χ2v) is 10.3. The normalized spacial score (nSPS) is 22.8. The fraction of sp³-hybridized carbons (Fsp3) is 0.562. The summed E-state index contributed by atoms with van der Waals surface area (Å²) in [6, 6.07) is 5.28. The molecule has 1 aromatic rings. The zero-order valence-corrected chi connectivity index (χ0v) is 17.9. The molecule has 0 spiro atoms. The standard InChI is InChI=1S/C16H23N3O6S2.ClH/c1-13-12-26(21,22)19(16(13)20)14-2-4-15(5-3-14)27(23,24)17-6-7-18-8-10-25-11-9-18;/h2-5,13,17H,6-12H2,1H3;1H.